The van der Waals surface area contributed by atoms with E-state index < -0.39 is 0 Å². The molecule has 2 aliphatic rings. The number of amides is 1. The summed E-state index contributed by atoms with van der Waals surface area (Å²) in [5.41, 5.74) is 0.431. The quantitative estimate of drug-likeness (QED) is 0.790. The summed E-state index contributed by atoms with van der Waals surface area (Å²) in [5, 5.41) is 11.3. The molecule has 1 aromatic heterocycles. The third-order valence-electron chi connectivity index (χ3n) is 5.83. The van der Waals surface area contributed by atoms with Crippen molar-refractivity contribution in [1.82, 2.24) is 30.1 Å². The van der Waals surface area contributed by atoms with Gasteiger partial charge in [0.15, 0.2) is 5.69 Å². The van der Waals surface area contributed by atoms with Gasteiger partial charge in [-0.1, -0.05) is 26.0 Å². The Balaban J connectivity index is 1.53. The van der Waals surface area contributed by atoms with Crippen molar-refractivity contribution in [3.63, 3.8) is 0 Å². The first-order valence-electron chi connectivity index (χ1n) is 10.7. The predicted molar refractivity (Wildman–Crippen MR) is 107 cm³/mol. The highest BCUT2D eigenvalue weighted by Crippen LogP contribution is 2.26. The summed E-state index contributed by atoms with van der Waals surface area (Å²) in [6, 6.07) is 1.02. The molecule has 1 aromatic rings. The van der Waals surface area contributed by atoms with Crippen LogP contribution in [0.2, 0.25) is 0 Å². The molecule has 1 amide bonds. The van der Waals surface area contributed by atoms with Gasteiger partial charge in [-0.05, 0) is 64.2 Å². The molecule has 3 heterocycles. The van der Waals surface area contributed by atoms with Crippen molar-refractivity contribution in [3.8, 4) is 0 Å². The average molecular weight is 377 g/mol. The maximum Gasteiger partial charge on any atom is 0.273 e. The second-order valence-corrected chi connectivity index (χ2v) is 8.55. The summed E-state index contributed by atoms with van der Waals surface area (Å²) in [4.78, 5) is 17.4. The summed E-state index contributed by atoms with van der Waals surface area (Å²) in [6.45, 7) is 13.0. The summed E-state index contributed by atoms with van der Waals surface area (Å²) in [5.74, 6) is 0.311. The third kappa shape index (κ3) is 5.51. The highest BCUT2D eigenvalue weighted by atomic mass is 16.2. The second-order valence-electron chi connectivity index (χ2n) is 8.55. The lowest BCUT2D eigenvalue weighted by molar-refractivity contribution is 0.0708. The van der Waals surface area contributed by atoms with E-state index in [1.54, 1.807) is 0 Å². The number of carbonyl (C=O) groups excluding carboxylic acids is 1. The van der Waals surface area contributed by atoms with Crippen molar-refractivity contribution in [1.29, 1.82) is 0 Å². The zero-order chi connectivity index (χ0) is 19.2. The molecule has 2 aliphatic heterocycles. The van der Waals surface area contributed by atoms with E-state index in [2.05, 4.69) is 46.2 Å². The van der Waals surface area contributed by atoms with E-state index in [0.29, 0.717) is 30.2 Å². The number of rotatable bonds is 7. The zero-order valence-corrected chi connectivity index (χ0v) is 17.2. The Labute approximate surface area is 163 Å². The minimum Gasteiger partial charge on any atom is -0.350 e. The molecule has 0 spiro atoms. The van der Waals surface area contributed by atoms with Gasteiger partial charge in [-0.2, -0.15) is 0 Å². The first kappa shape index (κ1) is 20.3. The minimum atomic E-state index is -0.120. The zero-order valence-electron chi connectivity index (χ0n) is 17.2. The molecule has 0 bridgehead atoms. The van der Waals surface area contributed by atoms with Crippen molar-refractivity contribution < 1.29 is 4.79 Å². The summed E-state index contributed by atoms with van der Waals surface area (Å²) < 4.78 is 1.92. The van der Waals surface area contributed by atoms with Gasteiger partial charge in [0.1, 0.15) is 0 Å². The maximum atomic E-state index is 12.2. The fourth-order valence-corrected chi connectivity index (χ4v) is 4.30. The largest absolute Gasteiger partial charge is 0.350 e. The number of aromatic nitrogens is 3. The Morgan fingerprint density at radius 3 is 2.70 bits per heavy atom. The Kier molecular flexibility index (Phi) is 7.24. The molecule has 7 nitrogen and oxygen atoms in total. The lowest BCUT2D eigenvalue weighted by Crippen LogP contribution is -2.48. The topological polar surface area (TPSA) is 66.3 Å². The molecule has 0 aliphatic carbocycles. The smallest absolute Gasteiger partial charge is 0.273 e. The van der Waals surface area contributed by atoms with E-state index in [1.807, 2.05) is 10.9 Å². The molecule has 27 heavy (non-hydrogen) atoms. The number of carbonyl (C=O) groups is 1. The summed E-state index contributed by atoms with van der Waals surface area (Å²) in [6.07, 6.45) is 7.92. The number of nitrogens with zero attached hydrogens (tertiary/aromatic N) is 5. The molecule has 1 atom stereocenters. The first-order valence-corrected chi connectivity index (χ1v) is 10.7. The van der Waals surface area contributed by atoms with Crippen LogP contribution >= 0.6 is 0 Å². The lowest BCUT2D eigenvalue weighted by atomic mass is 9.98. The second kappa shape index (κ2) is 9.64. The van der Waals surface area contributed by atoms with E-state index >= 15 is 0 Å². The maximum absolute atomic E-state index is 12.2. The van der Waals surface area contributed by atoms with E-state index in [0.717, 1.165) is 13.0 Å². The Bertz CT molecular complexity index is 593. The van der Waals surface area contributed by atoms with E-state index in [9.17, 15) is 4.79 Å². The standard InChI is InChI=1S/C20H36N6O/c1-4-9-24-11-7-17(8-12-24)25-10-5-6-18(14-25)26-15-19(22-23-26)20(27)21-13-16(2)3/h15-18H,4-14H2,1-3H3,(H,21,27). The molecular formula is C20H36N6O. The monoisotopic (exact) mass is 376 g/mol. The average Bonchev–Trinajstić information content (AvgIpc) is 3.17. The fourth-order valence-electron chi connectivity index (χ4n) is 4.30. The van der Waals surface area contributed by atoms with Crippen LogP contribution in [0.4, 0.5) is 0 Å². The van der Waals surface area contributed by atoms with Crippen LogP contribution < -0.4 is 5.32 Å². The van der Waals surface area contributed by atoms with Gasteiger partial charge in [0.25, 0.3) is 5.91 Å². The molecular weight excluding hydrogens is 340 g/mol. The first-order chi connectivity index (χ1) is 13.1. The van der Waals surface area contributed by atoms with Crippen molar-refractivity contribution in [2.24, 2.45) is 5.92 Å². The molecule has 7 heteroatoms. The van der Waals surface area contributed by atoms with E-state index in [-0.39, 0.29) is 5.91 Å². The van der Waals surface area contributed by atoms with Gasteiger partial charge in [0, 0.05) is 19.1 Å². The number of hydrogen-bond donors (Lipinski definition) is 1. The van der Waals surface area contributed by atoms with Gasteiger partial charge < -0.3 is 10.2 Å². The molecule has 0 radical (unpaired) electrons. The van der Waals surface area contributed by atoms with Crippen LogP contribution in [0.1, 0.15) is 69.4 Å². The Morgan fingerprint density at radius 1 is 1.22 bits per heavy atom. The normalized spacial score (nSPS) is 23.0. The number of hydrogen-bond acceptors (Lipinski definition) is 5. The minimum absolute atomic E-state index is 0.120. The van der Waals surface area contributed by atoms with Gasteiger partial charge in [0.05, 0.1) is 12.2 Å². The fraction of sp³-hybridized carbons (Fsp3) is 0.850. The van der Waals surface area contributed by atoms with Crippen molar-refractivity contribution in [2.45, 2.75) is 65.0 Å². The highest BCUT2D eigenvalue weighted by molar-refractivity contribution is 5.91. The summed E-state index contributed by atoms with van der Waals surface area (Å²) in [7, 11) is 0. The summed E-state index contributed by atoms with van der Waals surface area (Å²) >= 11 is 0. The number of likely N-dealkylation sites (tertiary alicyclic amines) is 2. The van der Waals surface area contributed by atoms with Crippen LogP contribution in [0.3, 0.4) is 0 Å². The van der Waals surface area contributed by atoms with Crippen molar-refractivity contribution in [2.75, 3.05) is 39.3 Å². The van der Waals surface area contributed by atoms with Crippen LogP contribution in [-0.4, -0.2) is 76.0 Å². The highest BCUT2D eigenvalue weighted by Gasteiger charge is 2.30. The molecule has 2 fully saturated rings. The predicted octanol–water partition coefficient (Wildman–Crippen LogP) is 2.18. The molecule has 1 unspecified atom stereocenters. The molecule has 152 valence electrons. The van der Waals surface area contributed by atoms with E-state index in [1.165, 1.54) is 51.9 Å². The lowest BCUT2D eigenvalue weighted by Gasteiger charge is -2.42. The van der Waals surface area contributed by atoms with Crippen LogP contribution in [0.5, 0.6) is 0 Å². The SMILES string of the molecule is CCCN1CCC(N2CCCC(n3cc(C(=O)NCC(C)C)nn3)C2)CC1. The molecule has 0 saturated carbocycles. The number of nitrogens with one attached hydrogen (secondary N) is 1. The Hall–Kier alpha value is -1.47. The van der Waals surface area contributed by atoms with Gasteiger partial charge in [-0.3, -0.25) is 9.69 Å². The van der Waals surface area contributed by atoms with Crippen LogP contribution in [0.25, 0.3) is 0 Å². The molecule has 2 saturated heterocycles. The molecule has 0 aromatic carbocycles. The van der Waals surface area contributed by atoms with Crippen LogP contribution in [0.15, 0.2) is 6.20 Å². The van der Waals surface area contributed by atoms with Crippen LogP contribution in [-0.2, 0) is 0 Å². The molecule has 3 rings (SSSR count). The van der Waals surface area contributed by atoms with Crippen LogP contribution in [0, 0.1) is 5.92 Å². The van der Waals surface area contributed by atoms with Gasteiger partial charge in [-0.25, -0.2) is 4.68 Å². The van der Waals surface area contributed by atoms with Crippen molar-refractivity contribution in [3.05, 3.63) is 11.9 Å². The van der Waals surface area contributed by atoms with E-state index in [4.69, 9.17) is 0 Å². The molecule has 1 N–H and O–H groups in total. The van der Waals surface area contributed by atoms with Crippen molar-refractivity contribution >= 4 is 5.91 Å². The Morgan fingerprint density at radius 2 is 2.00 bits per heavy atom. The third-order valence-corrected chi connectivity index (χ3v) is 5.83. The van der Waals surface area contributed by atoms with Gasteiger partial charge in [0.2, 0.25) is 0 Å². The number of piperidine rings is 2. The van der Waals surface area contributed by atoms with Gasteiger partial charge >= 0.3 is 0 Å². The van der Waals surface area contributed by atoms with Gasteiger partial charge in [-0.15, -0.1) is 5.10 Å².